The standard InChI is InChI=1S/C22H15BrClNO5/c1-29-16-9-4-12(11-15(16)23)20(26)18-19(17-3-2-10-30-17)25(22(28)21(18)27)14-7-5-13(24)6-8-14/h2-11,19,26H,1H3/b20-18-. The zero-order valence-corrected chi connectivity index (χ0v) is 18.0. The number of benzene rings is 2. The molecule has 30 heavy (non-hydrogen) atoms. The third-order valence-corrected chi connectivity index (χ3v) is 5.66. The molecule has 6 nitrogen and oxygen atoms in total. The van der Waals surface area contributed by atoms with E-state index in [4.69, 9.17) is 20.8 Å². The van der Waals surface area contributed by atoms with Crippen LogP contribution in [0.3, 0.4) is 0 Å². The number of Topliss-reactive ketones (excluding diaryl/α,β-unsaturated/α-hetero) is 1. The van der Waals surface area contributed by atoms with Crippen LogP contribution in [0, 0.1) is 0 Å². The molecule has 1 atom stereocenters. The van der Waals surface area contributed by atoms with Crippen LogP contribution >= 0.6 is 27.5 Å². The highest BCUT2D eigenvalue weighted by atomic mass is 79.9. The van der Waals surface area contributed by atoms with Crippen LogP contribution in [0.5, 0.6) is 5.75 Å². The van der Waals surface area contributed by atoms with Crippen LogP contribution in [0.25, 0.3) is 5.76 Å². The minimum absolute atomic E-state index is 0.0676. The van der Waals surface area contributed by atoms with Crippen LogP contribution in [0.1, 0.15) is 17.4 Å². The van der Waals surface area contributed by atoms with Gasteiger partial charge in [-0.3, -0.25) is 14.5 Å². The maximum atomic E-state index is 13.0. The number of ether oxygens (including phenoxy) is 1. The summed E-state index contributed by atoms with van der Waals surface area (Å²) in [7, 11) is 1.52. The number of nitrogens with zero attached hydrogens (tertiary/aromatic N) is 1. The number of hydrogen-bond donors (Lipinski definition) is 1. The van der Waals surface area contributed by atoms with Crippen molar-refractivity contribution in [2.45, 2.75) is 6.04 Å². The zero-order valence-electron chi connectivity index (χ0n) is 15.6. The molecule has 1 saturated heterocycles. The number of aliphatic hydroxyl groups excluding tert-OH is 1. The van der Waals surface area contributed by atoms with Crippen LogP contribution in [0.15, 0.2) is 75.3 Å². The van der Waals surface area contributed by atoms with Crippen molar-refractivity contribution in [3.63, 3.8) is 0 Å². The first-order valence-electron chi connectivity index (χ1n) is 8.86. The van der Waals surface area contributed by atoms with Gasteiger partial charge in [-0.2, -0.15) is 0 Å². The van der Waals surface area contributed by atoms with E-state index in [1.807, 2.05) is 0 Å². The summed E-state index contributed by atoms with van der Waals surface area (Å²) in [5.74, 6) is -0.979. The van der Waals surface area contributed by atoms with Crippen molar-refractivity contribution >= 4 is 50.7 Å². The van der Waals surface area contributed by atoms with Gasteiger partial charge in [-0.25, -0.2) is 0 Å². The first kappa shape index (κ1) is 20.3. The summed E-state index contributed by atoms with van der Waals surface area (Å²) in [6, 6.07) is 13.7. The monoisotopic (exact) mass is 487 g/mol. The van der Waals surface area contributed by atoms with E-state index >= 15 is 0 Å². The molecule has 1 amide bonds. The van der Waals surface area contributed by atoms with E-state index < -0.39 is 17.7 Å². The molecular weight excluding hydrogens is 474 g/mol. The highest BCUT2D eigenvalue weighted by molar-refractivity contribution is 9.10. The van der Waals surface area contributed by atoms with E-state index in [0.29, 0.717) is 32.3 Å². The van der Waals surface area contributed by atoms with Gasteiger partial charge >= 0.3 is 0 Å². The summed E-state index contributed by atoms with van der Waals surface area (Å²) >= 11 is 9.33. The summed E-state index contributed by atoms with van der Waals surface area (Å²) in [6.45, 7) is 0. The number of aliphatic hydroxyl groups is 1. The quantitative estimate of drug-likeness (QED) is 0.305. The Morgan fingerprint density at radius 2 is 1.90 bits per heavy atom. The van der Waals surface area contributed by atoms with Gasteiger partial charge in [-0.15, -0.1) is 0 Å². The zero-order chi connectivity index (χ0) is 21.4. The molecule has 8 heteroatoms. The fraction of sp³-hybridized carbons (Fsp3) is 0.0909. The molecule has 0 spiro atoms. The molecule has 1 aliphatic heterocycles. The van der Waals surface area contributed by atoms with Crippen molar-refractivity contribution in [2.24, 2.45) is 0 Å². The van der Waals surface area contributed by atoms with Crippen molar-refractivity contribution in [1.29, 1.82) is 0 Å². The fourth-order valence-corrected chi connectivity index (χ4v) is 4.05. The number of rotatable bonds is 4. The normalized spacial score (nSPS) is 18.1. The number of carbonyl (C=O) groups is 2. The lowest BCUT2D eigenvalue weighted by Crippen LogP contribution is -2.29. The third kappa shape index (κ3) is 3.40. The molecule has 1 aliphatic rings. The third-order valence-electron chi connectivity index (χ3n) is 4.79. The van der Waals surface area contributed by atoms with Gasteiger partial charge in [-0.05, 0) is 70.5 Å². The average molecular weight is 489 g/mol. The van der Waals surface area contributed by atoms with Gasteiger partial charge in [0, 0.05) is 16.3 Å². The molecular formula is C22H15BrClNO5. The van der Waals surface area contributed by atoms with E-state index in [1.165, 1.54) is 18.3 Å². The van der Waals surface area contributed by atoms with E-state index in [-0.39, 0.29) is 11.3 Å². The lowest BCUT2D eigenvalue weighted by Gasteiger charge is -2.23. The number of carbonyl (C=O) groups excluding carboxylic acids is 2. The predicted molar refractivity (Wildman–Crippen MR) is 116 cm³/mol. The first-order valence-corrected chi connectivity index (χ1v) is 10.0. The van der Waals surface area contributed by atoms with Gasteiger partial charge in [0.25, 0.3) is 11.7 Å². The van der Waals surface area contributed by atoms with E-state index in [2.05, 4.69) is 15.9 Å². The Bertz CT molecular complexity index is 1150. The minimum Gasteiger partial charge on any atom is -0.507 e. The number of hydrogen-bond acceptors (Lipinski definition) is 5. The molecule has 152 valence electrons. The number of amides is 1. The second kappa shape index (κ2) is 8.01. The van der Waals surface area contributed by atoms with Gasteiger partial charge in [0.2, 0.25) is 0 Å². The Balaban J connectivity index is 1.90. The van der Waals surface area contributed by atoms with Crippen molar-refractivity contribution < 1.29 is 23.8 Å². The fourth-order valence-electron chi connectivity index (χ4n) is 3.39. The molecule has 2 heterocycles. The summed E-state index contributed by atoms with van der Waals surface area (Å²) in [6.07, 6.45) is 1.45. The van der Waals surface area contributed by atoms with Gasteiger partial charge in [0.1, 0.15) is 23.3 Å². The number of methoxy groups -OCH3 is 1. The molecule has 4 rings (SSSR count). The first-order chi connectivity index (χ1) is 14.4. The Morgan fingerprint density at radius 1 is 1.17 bits per heavy atom. The second-order valence-corrected chi connectivity index (χ2v) is 7.80. The van der Waals surface area contributed by atoms with Crippen molar-refractivity contribution in [2.75, 3.05) is 12.0 Å². The topological polar surface area (TPSA) is 80.0 Å². The lowest BCUT2D eigenvalue weighted by atomic mass is 9.99. The Labute approximate surface area is 185 Å². The summed E-state index contributed by atoms with van der Waals surface area (Å²) in [5.41, 5.74) is 0.744. The largest absolute Gasteiger partial charge is 0.507 e. The average Bonchev–Trinajstić information content (AvgIpc) is 3.35. The van der Waals surface area contributed by atoms with Gasteiger partial charge in [0.05, 0.1) is 23.4 Å². The molecule has 1 unspecified atom stereocenters. The van der Waals surface area contributed by atoms with E-state index in [0.717, 1.165) is 0 Å². The number of furan rings is 1. The van der Waals surface area contributed by atoms with Crippen molar-refractivity contribution in [3.05, 3.63) is 87.3 Å². The summed E-state index contributed by atoms with van der Waals surface area (Å²) in [5, 5.41) is 11.5. The molecule has 0 aliphatic carbocycles. The van der Waals surface area contributed by atoms with Crippen LogP contribution < -0.4 is 9.64 Å². The molecule has 1 aromatic heterocycles. The van der Waals surface area contributed by atoms with E-state index in [9.17, 15) is 14.7 Å². The highest BCUT2D eigenvalue weighted by Gasteiger charge is 2.48. The molecule has 1 N–H and O–H groups in total. The minimum atomic E-state index is -0.929. The highest BCUT2D eigenvalue weighted by Crippen LogP contribution is 2.43. The molecule has 3 aromatic rings. The number of anilines is 1. The van der Waals surface area contributed by atoms with Crippen LogP contribution in [0.2, 0.25) is 5.02 Å². The van der Waals surface area contributed by atoms with Gasteiger partial charge < -0.3 is 14.3 Å². The Kier molecular flexibility index (Phi) is 5.40. The summed E-state index contributed by atoms with van der Waals surface area (Å²) < 4.78 is 11.3. The Morgan fingerprint density at radius 3 is 2.50 bits per heavy atom. The summed E-state index contributed by atoms with van der Waals surface area (Å²) in [4.78, 5) is 27.2. The number of ketones is 1. The molecule has 0 saturated carbocycles. The molecule has 0 radical (unpaired) electrons. The van der Waals surface area contributed by atoms with Gasteiger partial charge in [-0.1, -0.05) is 11.6 Å². The van der Waals surface area contributed by atoms with Crippen molar-refractivity contribution in [1.82, 2.24) is 0 Å². The van der Waals surface area contributed by atoms with Gasteiger partial charge in [0.15, 0.2) is 0 Å². The van der Waals surface area contributed by atoms with Crippen molar-refractivity contribution in [3.8, 4) is 5.75 Å². The maximum absolute atomic E-state index is 13.0. The smallest absolute Gasteiger partial charge is 0.300 e. The van der Waals surface area contributed by atoms with Crippen LogP contribution in [-0.4, -0.2) is 23.9 Å². The SMILES string of the molecule is COc1ccc(/C(O)=C2/C(=O)C(=O)N(c3ccc(Cl)cc3)C2c2ccco2)cc1Br. The van der Waals surface area contributed by atoms with Crippen LogP contribution in [0.4, 0.5) is 5.69 Å². The second-order valence-electron chi connectivity index (χ2n) is 6.51. The lowest BCUT2D eigenvalue weighted by molar-refractivity contribution is -0.132. The predicted octanol–water partition coefficient (Wildman–Crippen LogP) is 5.33. The molecule has 0 bridgehead atoms. The van der Waals surface area contributed by atoms with Crippen LogP contribution in [-0.2, 0) is 9.59 Å². The molecule has 1 fully saturated rings. The van der Waals surface area contributed by atoms with E-state index in [1.54, 1.807) is 54.6 Å². The maximum Gasteiger partial charge on any atom is 0.300 e. The Hall–Kier alpha value is -3.03. The number of halogens is 2. The molecule has 2 aromatic carbocycles.